The maximum Gasteiger partial charge on any atom is 0.327 e. The van der Waals surface area contributed by atoms with Crippen molar-refractivity contribution in [2.24, 2.45) is 0 Å². The first-order chi connectivity index (χ1) is 7.69. The third kappa shape index (κ3) is 2.13. The number of carbonyl (C=O) groups is 1. The van der Waals surface area contributed by atoms with Crippen LogP contribution in [0.25, 0.3) is 10.9 Å². The largest absolute Gasteiger partial charge is 0.465 e. The van der Waals surface area contributed by atoms with Crippen LogP contribution in [0.1, 0.15) is 6.92 Å². The maximum atomic E-state index is 11.2. The van der Waals surface area contributed by atoms with E-state index in [0.717, 1.165) is 10.9 Å². The van der Waals surface area contributed by atoms with Gasteiger partial charge in [-0.3, -0.25) is 9.48 Å². The fourth-order valence-electron chi connectivity index (χ4n) is 1.52. The molecule has 0 saturated carbocycles. The Labute approximate surface area is 92.8 Å². The molecule has 5 nitrogen and oxygen atoms in total. The van der Waals surface area contributed by atoms with Gasteiger partial charge in [0.25, 0.3) is 0 Å². The molecule has 5 heteroatoms. The fraction of sp³-hybridized carbons (Fsp3) is 0.273. The maximum absolute atomic E-state index is 11.2. The molecule has 2 rings (SSSR count). The summed E-state index contributed by atoms with van der Waals surface area (Å²) in [7, 11) is 0. The average molecular weight is 219 g/mol. The lowest BCUT2D eigenvalue weighted by Crippen LogP contribution is -2.13. The van der Waals surface area contributed by atoms with E-state index in [9.17, 15) is 4.79 Å². The van der Waals surface area contributed by atoms with E-state index in [1.807, 2.05) is 12.1 Å². The molecule has 16 heavy (non-hydrogen) atoms. The molecule has 0 fully saturated rings. The van der Waals surface area contributed by atoms with Gasteiger partial charge in [0.05, 0.1) is 12.1 Å². The summed E-state index contributed by atoms with van der Waals surface area (Å²) in [5, 5.41) is 5.16. The van der Waals surface area contributed by atoms with Gasteiger partial charge in [0, 0.05) is 17.3 Å². The molecule has 1 heterocycles. The number of aromatic nitrogens is 2. The molecule has 0 spiro atoms. The highest BCUT2D eigenvalue weighted by Crippen LogP contribution is 2.15. The first-order valence-corrected chi connectivity index (χ1v) is 5.07. The molecule has 1 aromatic carbocycles. The van der Waals surface area contributed by atoms with Gasteiger partial charge in [0.15, 0.2) is 0 Å². The Kier molecular flexibility index (Phi) is 2.76. The van der Waals surface area contributed by atoms with E-state index in [-0.39, 0.29) is 12.5 Å². The van der Waals surface area contributed by atoms with Gasteiger partial charge in [0.2, 0.25) is 0 Å². The van der Waals surface area contributed by atoms with E-state index in [4.69, 9.17) is 10.5 Å². The quantitative estimate of drug-likeness (QED) is 0.621. The topological polar surface area (TPSA) is 70.1 Å². The number of anilines is 1. The van der Waals surface area contributed by atoms with Crippen LogP contribution in [0.2, 0.25) is 0 Å². The Morgan fingerprint density at radius 2 is 2.38 bits per heavy atom. The van der Waals surface area contributed by atoms with Crippen LogP contribution in [0.5, 0.6) is 0 Å². The van der Waals surface area contributed by atoms with Gasteiger partial charge >= 0.3 is 5.97 Å². The first-order valence-electron chi connectivity index (χ1n) is 5.07. The molecule has 0 aliphatic carbocycles. The minimum atomic E-state index is -0.289. The highest BCUT2D eigenvalue weighted by molar-refractivity contribution is 5.81. The number of ether oxygens (including phenoxy) is 1. The number of benzene rings is 1. The lowest BCUT2D eigenvalue weighted by Gasteiger charge is -2.00. The van der Waals surface area contributed by atoms with E-state index in [2.05, 4.69) is 5.10 Å². The second-order valence-electron chi connectivity index (χ2n) is 3.45. The predicted molar refractivity (Wildman–Crippen MR) is 60.8 cm³/mol. The smallest absolute Gasteiger partial charge is 0.327 e. The van der Waals surface area contributed by atoms with Crippen molar-refractivity contribution in [2.75, 3.05) is 12.3 Å². The number of hydrogen-bond acceptors (Lipinski definition) is 4. The fourth-order valence-corrected chi connectivity index (χ4v) is 1.52. The van der Waals surface area contributed by atoms with E-state index in [1.165, 1.54) is 0 Å². The van der Waals surface area contributed by atoms with Crippen molar-refractivity contribution in [3.8, 4) is 0 Å². The van der Waals surface area contributed by atoms with Gasteiger partial charge in [-0.15, -0.1) is 0 Å². The van der Waals surface area contributed by atoms with Crippen LogP contribution in [0, 0.1) is 0 Å². The van der Waals surface area contributed by atoms with Crippen molar-refractivity contribution < 1.29 is 9.53 Å². The predicted octanol–water partition coefficient (Wildman–Crippen LogP) is 1.18. The molecule has 0 saturated heterocycles. The van der Waals surface area contributed by atoms with Gasteiger partial charge in [-0.25, -0.2) is 0 Å². The van der Waals surface area contributed by atoms with Crippen molar-refractivity contribution in [3.63, 3.8) is 0 Å². The summed E-state index contributed by atoms with van der Waals surface area (Å²) in [6, 6.07) is 5.43. The van der Waals surface area contributed by atoms with E-state index >= 15 is 0 Å². The zero-order valence-corrected chi connectivity index (χ0v) is 9.01. The highest BCUT2D eigenvalue weighted by Gasteiger charge is 2.06. The number of rotatable bonds is 3. The molecule has 1 aromatic heterocycles. The molecule has 0 atom stereocenters. The number of nitrogens with two attached hydrogens (primary N) is 1. The molecule has 0 aliphatic heterocycles. The third-order valence-electron chi connectivity index (χ3n) is 2.17. The van der Waals surface area contributed by atoms with Crippen molar-refractivity contribution in [1.29, 1.82) is 0 Å². The molecule has 0 unspecified atom stereocenters. The summed E-state index contributed by atoms with van der Waals surface area (Å²) in [5.41, 5.74) is 7.15. The summed E-state index contributed by atoms with van der Waals surface area (Å²) < 4.78 is 6.40. The third-order valence-corrected chi connectivity index (χ3v) is 2.17. The van der Waals surface area contributed by atoms with Crippen molar-refractivity contribution >= 4 is 22.6 Å². The lowest BCUT2D eigenvalue weighted by molar-refractivity contribution is -0.144. The SMILES string of the molecule is CCOC(=O)Cn1cc2cc(N)ccc2n1. The average Bonchev–Trinajstić information content (AvgIpc) is 2.59. The summed E-state index contributed by atoms with van der Waals surface area (Å²) in [5.74, 6) is -0.289. The number of fused-ring (bicyclic) bond motifs is 1. The standard InChI is InChI=1S/C11H13N3O2/c1-2-16-11(15)7-14-6-8-5-9(12)3-4-10(8)13-14/h3-6H,2,7,12H2,1H3. The monoisotopic (exact) mass is 219 g/mol. The van der Waals surface area contributed by atoms with E-state index < -0.39 is 0 Å². The van der Waals surface area contributed by atoms with Crippen LogP contribution in [0.4, 0.5) is 5.69 Å². The molecule has 84 valence electrons. The van der Waals surface area contributed by atoms with Crippen molar-refractivity contribution in [2.45, 2.75) is 13.5 Å². The van der Waals surface area contributed by atoms with Crippen LogP contribution in [0.3, 0.4) is 0 Å². The number of esters is 1. The van der Waals surface area contributed by atoms with Crippen LogP contribution in [0.15, 0.2) is 24.4 Å². The zero-order valence-electron chi connectivity index (χ0n) is 9.01. The minimum Gasteiger partial charge on any atom is -0.465 e. The molecule has 0 amide bonds. The Morgan fingerprint density at radius 1 is 1.56 bits per heavy atom. The number of nitrogens with zero attached hydrogens (tertiary/aromatic N) is 2. The summed E-state index contributed by atoms with van der Waals surface area (Å²) in [6.45, 7) is 2.28. The Hall–Kier alpha value is -2.04. The zero-order chi connectivity index (χ0) is 11.5. The van der Waals surface area contributed by atoms with E-state index in [1.54, 1.807) is 23.9 Å². The van der Waals surface area contributed by atoms with Crippen LogP contribution >= 0.6 is 0 Å². The van der Waals surface area contributed by atoms with Gasteiger partial charge in [-0.05, 0) is 25.1 Å². The summed E-state index contributed by atoms with van der Waals surface area (Å²) >= 11 is 0. The molecule has 0 bridgehead atoms. The van der Waals surface area contributed by atoms with Gasteiger partial charge in [-0.1, -0.05) is 0 Å². The Morgan fingerprint density at radius 3 is 3.12 bits per heavy atom. The first kappa shape index (κ1) is 10.5. The number of hydrogen-bond donors (Lipinski definition) is 1. The second-order valence-corrected chi connectivity index (χ2v) is 3.45. The van der Waals surface area contributed by atoms with Crippen LogP contribution in [-0.4, -0.2) is 22.4 Å². The van der Waals surface area contributed by atoms with Crippen molar-refractivity contribution in [3.05, 3.63) is 24.4 Å². The van der Waals surface area contributed by atoms with Gasteiger partial charge in [-0.2, -0.15) is 5.10 Å². The number of nitrogen functional groups attached to an aromatic ring is 1. The van der Waals surface area contributed by atoms with Crippen LogP contribution in [-0.2, 0) is 16.1 Å². The Balaban J connectivity index is 2.23. The molecule has 2 N–H and O–H groups in total. The summed E-state index contributed by atoms with van der Waals surface area (Å²) in [4.78, 5) is 11.2. The molecule has 0 aliphatic rings. The van der Waals surface area contributed by atoms with Crippen LogP contribution < -0.4 is 5.73 Å². The lowest BCUT2D eigenvalue weighted by atomic mass is 10.2. The molecular formula is C11H13N3O2. The normalized spacial score (nSPS) is 10.6. The second kappa shape index (κ2) is 4.22. The Bertz CT molecular complexity index is 519. The van der Waals surface area contributed by atoms with E-state index in [0.29, 0.717) is 12.3 Å². The molecule has 0 radical (unpaired) electrons. The van der Waals surface area contributed by atoms with Gasteiger partial charge < -0.3 is 10.5 Å². The van der Waals surface area contributed by atoms with Crippen molar-refractivity contribution in [1.82, 2.24) is 9.78 Å². The highest BCUT2D eigenvalue weighted by atomic mass is 16.5. The molecular weight excluding hydrogens is 206 g/mol. The molecule has 2 aromatic rings. The minimum absolute atomic E-state index is 0.127. The summed E-state index contributed by atoms with van der Waals surface area (Å²) in [6.07, 6.45) is 1.78. The number of carbonyl (C=O) groups excluding carboxylic acids is 1. The van der Waals surface area contributed by atoms with Gasteiger partial charge in [0.1, 0.15) is 6.54 Å².